The van der Waals surface area contributed by atoms with E-state index < -0.39 is 0 Å². The Morgan fingerprint density at radius 2 is 1.87 bits per heavy atom. The molecule has 0 radical (unpaired) electrons. The molecule has 3 aromatic rings. The van der Waals surface area contributed by atoms with Gasteiger partial charge < -0.3 is 4.90 Å². The minimum Gasteiger partial charge on any atom is -0.303 e. The minimum atomic E-state index is 0.592. The molecule has 3 aromatic heterocycles. The predicted molar refractivity (Wildman–Crippen MR) is 130 cm³/mol. The monoisotopic (exact) mass is 461 g/mol. The summed E-state index contributed by atoms with van der Waals surface area (Å²) in [7, 11) is 0. The predicted octanol–water partition coefficient (Wildman–Crippen LogP) is 5.86. The van der Waals surface area contributed by atoms with E-state index in [4.69, 9.17) is 10.1 Å². The SMILES string of the molecule is CCCSc1nc2sc3c(c2c2nnc(SCCN4CCCCC4)n12)C(C)CCC3. The summed E-state index contributed by atoms with van der Waals surface area (Å²) >= 11 is 5.58. The highest BCUT2D eigenvalue weighted by molar-refractivity contribution is 7.99. The normalized spacial score (nSPS) is 20.3. The zero-order chi connectivity index (χ0) is 20.5. The van der Waals surface area contributed by atoms with Crippen LogP contribution in [0.5, 0.6) is 0 Å². The second-order valence-electron chi connectivity index (χ2n) is 8.55. The largest absolute Gasteiger partial charge is 0.303 e. The van der Waals surface area contributed by atoms with Gasteiger partial charge in [0.15, 0.2) is 16.0 Å². The summed E-state index contributed by atoms with van der Waals surface area (Å²) in [4.78, 5) is 10.4. The van der Waals surface area contributed by atoms with Crippen LogP contribution in [0.2, 0.25) is 0 Å². The number of hydrogen-bond acceptors (Lipinski definition) is 7. The Morgan fingerprint density at radius 3 is 2.70 bits per heavy atom. The van der Waals surface area contributed by atoms with E-state index in [-0.39, 0.29) is 0 Å². The number of nitrogens with zero attached hydrogens (tertiary/aromatic N) is 5. The van der Waals surface area contributed by atoms with Gasteiger partial charge in [-0.2, -0.15) is 0 Å². The van der Waals surface area contributed by atoms with E-state index in [1.165, 1.54) is 67.4 Å². The van der Waals surface area contributed by atoms with Crippen LogP contribution in [0.1, 0.15) is 68.7 Å². The van der Waals surface area contributed by atoms with Crippen LogP contribution < -0.4 is 0 Å². The lowest BCUT2D eigenvalue weighted by Gasteiger charge is -2.25. The molecule has 0 bridgehead atoms. The molecule has 0 aromatic carbocycles. The van der Waals surface area contributed by atoms with Gasteiger partial charge in [0.05, 0.1) is 5.39 Å². The third-order valence-corrected chi connectivity index (χ3v) is 9.52. The van der Waals surface area contributed by atoms with Crippen LogP contribution in [0.4, 0.5) is 0 Å². The topological polar surface area (TPSA) is 46.3 Å². The van der Waals surface area contributed by atoms with Crippen molar-refractivity contribution in [1.29, 1.82) is 0 Å². The second-order valence-corrected chi connectivity index (χ2v) is 11.8. The summed E-state index contributed by atoms with van der Waals surface area (Å²) < 4.78 is 2.26. The lowest BCUT2D eigenvalue weighted by molar-refractivity contribution is 0.242. The van der Waals surface area contributed by atoms with Crippen LogP contribution in [-0.4, -0.2) is 55.6 Å². The van der Waals surface area contributed by atoms with Crippen LogP contribution in [0, 0.1) is 0 Å². The van der Waals surface area contributed by atoms with Gasteiger partial charge in [-0.1, -0.05) is 43.8 Å². The molecular formula is C22H31N5S3. The van der Waals surface area contributed by atoms with Crippen molar-refractivity contribution in [2.24, 2.45) is 0 Å². The van der Waals surface area contributed by atoms with E-state index in [2.05, 4.69) is 28.2 Å². The Bertz CT molecular complexity index is 1020. The molecule has 5 rings (SSSR count). The summed E-state index contributed by atoms with van der Waals surface area (Å²) in [6.45, 7) is 8.23. The molecule has 1 aliphatic heterocycles. The zero-order valence-electron chi connectivity index (χ0n) is 18.0. The van der Waals surface area contributed by atoms with E-state index in [1.54, 1.807) is 0 Å². The Balaban J connectivity index is 1.51. The average Bonchev–Trinajstić information content (AvgIpc) is 3.35. The zero-order valence-corrected chi connectivity index (χ0v) is 20.5. The van der Waals surface area contributed by atoms with Crippen molar-refractivity contribution < 1.29 is 0 Å². The molecule has 1 atom stereocenters. The number of rotatable bonds is 7. The van der Waals surface area contributed by atoms with Crippen LogP contribution in [0.3, 0.4) is 0 Å². The van der Waals surface area contributed by atoms with Crippen molar-refractivity contribution in [2.75, 3.05) is 31.1 Å². The van der Waals surface area contributed by atoms with Gasteiger partial charge >= 0.3 is 0 Å². The fourth-order valence-electron chi connectivity index (χ4n) is 4.77. The quantitative estimate of drug-likeness (QED) is 0.324. The molecular weight excluding hydrogens is 430 g/mol. The molecule has 30 heavy (non-hydrogen) atoms. The van der Waals surface area contributed by atoms with Gasteiger partial charge in [-0.25, -0.2) is 9.38 Å². The van der Waals surface area contributed by atoms with Gasteiger partial charge in [0.2, 0.25) is 0 Å². The minimum absolute atomic E-state index is 0.592. The number of thiophene rings is 1. The number of thioether (sulfide) groups is 2. The van der Waals surface area contributed by atoms with Crippen molar-refractivity contribution in [1.82, 2.24) is 24.5 Å². The van der Waals surface area contributed by atoms with E-state index in [9.17, 15) is 0 Å². The first-order valence-electron chi connectivity index (χ1n) is 11.4. The molecule has 4 heterocycles. The molecule has 0 N–H and O–H groups in total. The molecule has 2 aliphatic rings. The fraction of sp³-hybridized carbons (Fsp3) is 0.682. The number of piperidine rings is 1. The highest BCUT2D eigenvalue weighted by atomic mass is 32.2. The van der Waals surface area contributed by atoms with E-state index in [0.29, 0.717) is 5.92 Å². The first-order chi connectivity index (χ1) is 14.8. The molecule has 1 saturated heterocycles. The van der Waals surface area contributed by atoms with Crippen molar-refractivity contribution in [2.45, 2.75) is 75.0 Å². The van der Waals surface area contributed by atoms with Crippen molar-refractivity contribution in [3.8, 4) is 0 Å². The molecule has 1 aliphatic carbocycles. The number of aromatic nitrogens is 4. The van der Waals surface area contributed by atoms with Crippen molar-refractivity contribution >= 4 is 50.7 Å². The smallest absolute Gasteiger partial charge is 0.197 e. The molecule has 0 amide bonds. The third kappa shape index (κ3) is 4.00. The fourth-order valence-corrected chi connectivity index (χ4v) is 7.99. The first kappa shape index (κ1) is 21.0. The summed E-state index contributed by atoms with van der Waals surface area (Å²) in [5.41, 5.74) is 2.54. The van der Waals surface area contributed by atoms with Gasteiger partial charge in [-0.15, -0.1) is 21.5 Å². The molecule has 5 nitrogen and oxygen atoms in total. The van der Waals surface area contributed by atoms with E-state index >= 15 is 0 Å². The van der Waals surface area contributed by atoms with Crippen molar-refractivity contribution in [3.05, 3.63) is 10.4 Å². The first-order valence-corrected chi connectivity index (χ1v) is 14.2. The van der Waals surface area contributed by atoms with Gasteiger partial charge in [-0.3, -0.25) is 0 Å². The number of hydrogen-bond donors (Lipinski definition) is 0. The van der Waals surface area contributed by atoms with Gasteiger partial charge in [0.1, 0.15) is 4.83 Å². The van der Waals surface area contributed by atoms with Gasteiger partial charge in [0.25, 0.3) is 0 Å². The molecule has 0 spiro atoms. The number of fused-ring (bicyclic) bond motifs is 5. The van der Waals surface area contributed by atoms with E-state index in [1.807, 2.05) is 34.9 Å². The van der Waals surface area contributed by atoms with Crippen LogP contribution in [0.15, 0.2) is 10.3 Å². The van der Waals surface area contributed by atoms with E-state index in [0.717, 1.165) is 45.3 Å². The molecule has 1 fully saturated rings. The average molecular weight is 462 g/mol. The molecule has 162 valence electrons. The number of likely N-dealkylation sites (tertiary alicyclic amines) is 1. The summed E-state index contributed by atoms with van der Waals surface area (Å²) in [5, 5.41) is 12.7. The Labute approximate surface area is 191 Å². The van der Waals surface area contributed by atoms with Crippen LogP contribution in [-0.2, 0) is 6.42 Å². The summed E-state index contributed by atoms with van der Waals surface area (Å²) in [6.07, 6.45) is 8.97. The summed E-state index contributed by atoms with van der Waals surface area (Å²) in [6, 6.07) is 0. The third-order valence-electron chi connectivity index (χ3n) is 6.31. The summed E-state index contributed by atoms with van der Waals surface area (Å²) in [5.74, 6) is 2.73. The van der Waals surface area contributed by atoms with Crippen LogP contribution >= 0.6 is 34.9 Å². The Morgan fingerprint density at radius 1 is 1.03 bits per heavy atom. The maximum Gasteiger partial charge on any atom is 0.197 e. The molecule has 0 saturated carbocycles. The number of aryl methyl sites for hydroxylation is 1. The van der Waals surface area contributed by atoms with Crippen molar-refractivity contribution in [3.63, 3.8) is 0 Å². The molecule has 1 unspecified atom stereocenters. The Hall–Kier alpha value is -0.830. The lowest BCUT2D eigenvalue weighted by Crippen LogP contribution is -2.31. The lowest BCUT2D eigenvalue weighted by atomic mass is 9.87. The van der Waals surface area contributed by atoms with Gasteiger partial charge in [-0.05, 0) is 63.1 Å². The van der Waals surface area contributed by atoms with Crippen LogP contribution in [0.25, 0.3) is 15.9 Å². The Kier molecular flexibility index (Phi) is 6.55. The second kappa shape index (κ2) is 9.35. The molecule has 8 heteroatoms. The maximum absolute atomic E-state index is 5.15. The highest BCUT2D eigenvalue weighted by Crippen LogP contribution is 2.44. The van der Waals surface area contributed by atoms with Gasteiger partial charge in [0, 0.05) is 22.9 Å². The standard InChI is InChI=1S/C22H31N5S3/c1-3-13-28-21-23-20-18(17-15(2)8-7-9-16(17)30-20)19-24-25-22(27(19)21)29-14-12-26-10-5-4-6-11-26/h15H,3-14H2,1-2H3. The maximum atomic E-state index is 5.15. The highest BCUT2D eigenvalue weighted by Gasteiger charge is 2.27.